The van der Waals surface area contributed by atoms with E-state index in [1.807, 2.05) is 6.07 Å². The number of alkyl halides is 3. The topological polar surface area (TPSA) is 91.1 Å². The van der Waals surface area contributed by atoms with Gasteiger partial charge in [-0.2, -0.15) is 28.7 Å². The molecule has 1 N–H and O–H groups in total. The molecule has 0 aliphatic heterocycles. The van der Waals surface area contributed by atoms with Crippen molar-refractivity contribution in [2.75, 3.05) is 0 Å². The van der Waals surface area contributed by atoms with Crippen LogP contribution >= 0.6 is 0 Å². The van der Waals surface area contributed by atoms with Crippen molar-refractivity contribution in [2.45, 2.75) is 6.18 Å². The molecule has 0 saturated carbocycles. The SMILES string of the molecule is N#Cc1n[nH]nc1-c1cccc(C=Cc2nccc(C(F)(F)F)n2)c1. The number of halogens is 3. The molecule has 1 aromatic carbocycles. The monoisotopic (exact) mass is 342 g/mol. The molecule has 3 rings (SSSR count). The molecule has 25 heavy (non-hydrogen) atoms. The summed E-state index contributed by atoms with van der Waals surface area (Å²) >= 11 is 0. The van der Waals surface area contributed by atoms with E-state index in [1.54, 1.807) is 30.3 Å². The van der Waals surface area contributed by atoms with E-state index in [2.05, 4.69) is 25.4 Å². The fourth-order valence-corrected chi connectivity index (χ4v) is 2.08. The summed E-state index contributed by atoms with van der Waals surface area (Å²) < 4.78 is 38.0. The molecule has 0 unspecified atom stereocenters. The molecule has 0 aliphatic carbocycles. The molecular weight excluding hydrogens is 333 g/mol. The van der Waals surface area contributed by atoms with Crippen LogP contribution in [0.25, 0.3) is 23.4 Å². The minimum absolute atomic E-state index is 0.0561. The fourth-order valence-electron chi connectivity index (χ4n) is 2.08. The smallest absolute Gasteiger partial charge is 0.237 e. The number of hydrogen-bond donors (Lipinski definition) is 1. The Morgan fingerprint density at radius 2 is 1.96 bits per heavy atom. The highest BCUT2D eigenvalue weighted by Gasteiger charge is 2.32. The zero-order valence-electron chi connectivity index (χ0n) is 12.5. The van der Waals surface area contributed by atoms with Gasteiger partial charge in [0.25, 0.3) is 0 Å². The third-order valence-corrected chi connectivity index (χ3v) is 3.20. The van der Waals surface area contributed by atoms with Crippen LogP contribution in [-0.2, 0) is 6.18 Å². The van der Waals surface area contributed by atoms with E-state index < -0.39 is 11.9 Å². The van der Waals surface area contributed by atoms with Gasteiger partial charge in [0.1, 0.15) is 17.5 Å². The van der Waals surface area contributed by atoms with Gasteiger partial charge in [0.05, 0.1) is 0 Å². The first-order valence-electron chi connectivity index (χ1n) is 6.97. The van der Waals surface area contributed by atoms with Gasteiger partial charge in [-0.05, 0) is 23.8 Å². The highest BCUT2D eigenvalue weighted by molar-refractivity contribution is 5.72. The molecule has 0 atom stereocenters. The van der Waals surface area contributed by atoms with Gasteiger partial charge in [0.2, 0.25) is 0 Å². The first-order chi connectivity index (χ1) is 12.0. The predicted octanol–water partition coefficient (Wildman–Crippen LogP) is 3.32. The summed E-state index contributed by atoms with van der Waals surface area (Å²) in [4.78, 5) is 7.26. The standard InChI is InChI=1S/C16H9F3N6/c17-16(18,19)13-6-7-21-14(22-13)5-4-10-2-1-3-11(8-10)15-12(9-20)23-25-24-15/h1-8H,(H,23,24,25). The zero-order chi connectivity index (χ0) is 17.9. The second-order valence-electron chi connectivity index (χ2n) is 4.89. The molecule has 0 saturated heterocycles. The average Bonchev–Trinajstić information content (AvgIpc) is 3.08. The number of aromatic amines is 1. The summed E-state index contributed by atoms with van der Waals surface area (Å²) in [5.41, 5.74) is 0.885. The lowest BCUT2D eigenvalue weighted by Crippen LogP contribution is -2.08. The van der Waals surface area contributed by atoms with Crippen molar-refractivity contribution < 1.29 is 13.2 Å². The van der Waals surface area contributed by atoms with Gasteiger partial charge in [0.15, 0.2) is 11.5 Å². The molecule has 0 bridgehead atoms. The number of hydrogen-bond acceptors (Lipinski definition) is 5. The Labute approximate surface area is 139 Å². The first kappa shape index (κ1) is 16.3. The quantitative estimate of drug-likeness (QED) is 0.788. The maximum absolute atomic E-state index is 12.7. The van der Waals surface area contributed by atoms with Crippen molar-refractivity contribution in [3.05, 3.63) is 59.3 Å². The Bertz CT molecular complexity index is 968. The Kier molecular flexibility index (Phi) is 4.26. The Morgan fingerprint density at radius 1 is 1.12 bits per heavy atom. The van der Waals surface area contributed by atoms with Gasteiger partial charge in [-0.25, -0.2) is 9.97 Å². The molecule has 124 valence electrons. The number of aromatic nitrogens is 5. The van der Waals surface area contributed by atoms with Gasteiger partial charge >= 0.3 is 6.18 Å². The molecule has 6 nitrogen and oxygen atoms in total. The van der Waals surface area contributed by atoms with Crippen LogP contribution in [0.15, 0.2) is 36.5 Å². The van der Waals surface area contributed by atoms with E-state index in [-0.39, 0.29) is 11.5 Å². The maximum atomic E-state index is 12.7. The van der Waals surface area contributed by atoms with E-state index in [1.165, 1.54) is 6.08 Å². The highest BCUT2D eigenvalue weighted by atomic mass is 19.4. The minimum Gasteiger partial charge on any atom is -0.237 e. The van der Waals surface area contributed by atoms with E-state index >= 15 is 0 Å². The van der Waals surface area contributed by atoms with Crippen molar-refractivity contribution in [3.63, 3.8) is 0 Å². The van der Waals surface area contributed by atoms with E-state index in [4.69, 9.17) is 5.26 Å². The van der Waals surface area contributed by atoms with E-state index in [0.717, 1.165) is 12.3 Å². The van der Waals surface area contributed by atoms with Crippen molar-refractivity contribution in [2.24, 2.45) is 0 Å². The number of nitriles is 1. The molecule has 3 aromatic rings. The number of nitrogens with one attached hydrogen (secondary N) is 1. The van der Waals surface area contributed by atoms with Gasteiger partial charge in [-0.1, -0.05) is 24.3 Å². The first-order valence-corrected chi connectivity index (χ1v) is 6.97. The third-order valence-electron chi connectivity index (χ3n) is 3.20. The summed E-state index contributed by atoms with van der Waals surface area (Å²) in [6.45, 7) is 0. The fraction of sp³-hybridized carbons (Fsp3) is 0.0625. The number of H-pyrrole nitrogens is 1. The molecular formula is C16H9F3N6. The predicted molar refractivity (Wildman–Crippen MR) is 82.5 cm³/mol. The largest absolute Gasteiger partial charge is 0.433 e. The van der Waals surface area contributed by atoms with Crippen LogP contribution < -0.4 is 0 Å². The molecule has 0 fully saturated rings. The summed E-state index contributed by atoms with van der Waals surface area (Å²) in [6, 6.07) is 9.69. The molecule has 2 aromatic heterocycles. The Balaban J connectivity index is 1.88. The lowest BCUT2D eigenvalue weighted by atomic mass is 10.1. The lowest BCUT2D eigenvalue weighted by molar-refractivity contribution is -0.141. The van der Waals surface area contributed by atoms with Gasteiger partial charge in [0, 0.05) is 11.8 Å². The zero-order valence-corrected chi connectivity index (χ0v) is 12.5. The van der Waals surface area contributed by atoms with Crippen molar-refractivity contribution in [1.82, 2.24) is 25.4 Å². The molecule has 9 heteroatoms. The Hall–Kier alpha value is -3.54. The minimum atomic E-state index is -4.52. The number of nitrogens with zero attached hydrogens (tertiary/aromatic N) is 5. The van der Waals surface area contributed by atoms with Crippen LogP contribution in [-0.4, -0.2) is 25.4 Å². The molecule has 0 spiro atoms. The highest BCUT2D eigenvalue weighted by Crippen LogP contribution is 2.27. The normalized spacial score (nSPS) is 11.6. The van der Waals surface area contributed by atoms with Crippen LogP contribution in [0, 0.1) is 11.3 Å². The molecule has 0 amide bonds. The third kappa shape index (κ3) is 3.69. The molecule has 2 heterocycles. The van der Waals surface area contributed by atoms with Crippen molar-refractivity contribution in [3.8, 4) is 17.3 Å². The number of benzene rings is 1. The van der Waals surface area contributed by atoms with Crippen LogP contribution in [0.5, 0.6) is 0 Å². The van der Waals surface area contributed by atoms with Gasteiger partial charge in [-0.15, -0.1) is 5.10 Å². The summed E-state index contributed by atoms with van der Waals surface area (Å²) in [5.74, 6) is -0.0561. The second kappa shape index (κ2) is 6.52. The van der Waals surface area contributed by atoms with E-state index in [0.29, 0.717) is 16.8 Å². The lowest BCUT2D eigenvalue weighted by Gasteiger charge is -2.05. The molecule has 0 aliphatic rings. The van der Waals surface area contributed by atoms with Crippen LogP contribution in [0.3, 0.4) is 0 Å². The van der Waals surface area contributed by atoms with Gasteiger partial charge in [-0.3, -0.25) is 0 Å². The number of rotatable bonds is 3. The second-order valence-corrected chi connectivity index (χ2v) is 4.89. The van der Waals surface area contributed by atoms with Crippen LogP contribution in [0.1, 0.15) is 22.8 Å². The molecule has 0 radical (unpaired) electrons. The summed E-state index contributed by atoms with van der Waals surface area (Å²) in [7, 11) is 0. The average molecular weight is 342 g/mol. The van der Waals surface area contributed by atoms with Gasteiger partial charge < -0.3 is 0 Å². The van der Waals surface area contributed by atoms with E-state index in [9.17, 15) is 13.2 Å². The van der Waals surface area contributed by atoms with Crippen molar-refractivity contribution >= 4 is 12.2 Å². The maximum Gasteiger partial charge on any atom is 0.433 e. The van der Waals surface area contributed by atoms with Crippen LogP contribution in [0.4, 0.5) is 13.2 Å². The summed E-state index contributed by atoms with van der Waals surface area (Å²) in [5, 5.41) is 19.0. The Morgan fingerprint density at radius 3 is 2.72 bits per heavy atom. The van der Waals surface area contributed by atoms with Crippen LogP contribution in [0.2, 0.25) is 0 Å². The summed E-state index contributed by atoms with van der Waals surface area (Å²) in [6.07, 6.45) is -0.514. The van der Waals surface area contributed by atoms with Crippen molar-refractivity contribution in [1.29, 1.82) is 5.26 Å².